The first-order valence-electron chi connectivity index (χ1n) is 10.6. The number of hydrogen-bond acceptors (Lipinski definition) is 4. The van der Waals surface area contributed by atoms with Crippen LogP contribution in [0.1, 0.15) is 54.0 Å². The number of amides is 3. The summed E-state index contributed by atoms with van der Waals surface area (Å²) in [5, 5.41) is 6.19. The van der Waals surface area contributed by atoms with Gasteiger partial charge in [0, 0.05) is 19.1 Å². The van der Waals surface area contributed by atoms with Crippen LogP contribution in [0.3, 0.4) is 0 Å². The lowest BCUT2D eigenvalue weighted by molar-refractivity contribution is -0.125. The van der Waals surface area contributed by atoms with Gasteiger partial charge in [0.15, 0.2) is 5.76 Å². The smallest absolute Gasteiger partial charge is 0.289 e. The van der Waals surface area contributed by atoms with Crippen LogP contribution in [-0.4, -0.2) is 47.8 Å². The van der Waals surface area contributed by atoms with Gasteiger partial charge in [-0.3, -0.25) is 14.4 Å². The maximum absolute atomic E-state index is 13.0. The fraction of sp³-hybridized carbons (Fsp3) is 0.435. The Morgan fingerprint density at radius 1 is 1.13 bits per heavy atom. The molecule has 1 fully saturated rings. The number of nitrogens with one attached hydrogen (secondary N) is 2. The maximum Gasteiger partial charge on any atom is 0.289 e. The van der Waals surface area contributed by atoms with Crippen LogP contribution >= 0.6 is 11.6 Å². The van der Waals surface area contributed by atoms with Crippen LogP contribution in [0, 0.1) is 5.92 Å². The standard InChI is InChI=1S/C23H28ClN3O4/c1-3-15(2)25-22(29)20(26-21(28)17-7-4-5-8-18(17)24)16-10-12-27(13-11-16)23(30)19-9-6-14-31-19/h4-9,14-16,20H,3,10-13H2,1-2H3,(H,25,29)(H,26,28)/t15-,20+/m1/s1. The Morgan fingerprint density at radius 3 is 2.45 bits per heavy atom. The van der Waals surface area contributed by atoms with Crippen molar-refractivity contribution in [2.45, 2.75) is 45.2 Å². The van der Waals surface area contributed by atoms with E-state index in [1.54, 1.807) is 41.3 Å². The minimum absolute atomic E-state index is 0.00663. The summed E-state index contributed by atoms with van der Waals surface area (Å²) in [7, 11) is 0. The second kappa shape index (κ2) is 10.5. The van der Waals surface area contributed by atoms with E-state index in [1.165, 1.54) is 6.26 Å². The summed E-state index contributed by atoms with van der Waals surface area (Å²) in [5.74, 6) is -0.564. The quantitative estimate of drug-likeness (QED) is 0.682. The molecule has 1 aliphatic rings. The molecular weight excluding hydrogens is 418 g/mol. The van der Waals surface area contributed by atoms with E-state index in [1.807, 2.05) is 13.8 Å². The Bertz CT molecular complexity index is 907. The molecule has 0 bridgehead atoms. The van der Waals surface area contributed by atoms with Crippen LogP contribution in [0.15, 0.2) is 47.1 Å². The number of nitrogens with zero attached hydrogens (tertiary/aromatic N) is 1. The minimum atomic E-state index is -0.710. The van der Waals surface area contributed by atoms with E-state index in [9.17, 15) is 14.4 Å². The average Bonchev–Trinajstić information content (AvgIpc) is 3.32. The molecule has 1 aromatic heterocycles. The predicted molar refractivity (Wildman–Crippen MR) is 118 cm³/mol. The molecule has 8 heteroatoms. The Balaban J connectivity index is 1.71. The van der Waals surface area contributed by atoms with E-state index < -0.39 is 6.04 Å². The second-order valence-electron chi connectivity index (χ2n) is 7.86. The molecule has 0 radical (unpaired) electrons. The van der Waals surface area contributed by atoms with Gasteiger partial charge >= 0.3 is 0 Å². The van der Waals surface area contributed by atoms with E-state index in [0.717, 1.165) is 6.42 Å². The monoisotopic (exact) mass is 445 g/mol. The lowest BCUT2D eigenvalue weighted by Crippen LogP contribution is -2.55. The maximum atomic E-state index is 13.0. The summed E-state index contributed by atoms with van der Waals surface area (Å²) in [6.07, 6.45) is 3.44. The van der Waals surface area contributed by atoms with Crippen LogP contribution in [0.2, 0.25) is 5.02 Å². The summed E-state index contributed by atoms with van der Waals surface area (Å²) in [6.45, 7) is 4.88. The summed E-state index contributed by atoms with van der Waals surface area (Å²) in [6, 6.07) is 9.35. The first-order chi connectivity index (χ1) is 14.9. The Hall–Kier alpha value is -2.80. The molecule has 1 aromatic carbocycles. The number of piperidine rings is 1. The third-order valence-corrected chi connectivity index (χ3v) is 6.05. The molecule has 0 aliphatic carbocycles. The van der Waals surface area contributed by atoms with Gasteiger partial charge in [0.1, 0.15) is 6.04 Å². The first-order valence-corrected chi connectivity index (χ1v) is 11.0. The van der Waals surface area contributed by atoms with Gasteiger partial charge in [-0.25, -0.2) is 0 Å². The number of carbonyl (C=O) groups is 3. The second-order valence-corrected chi connectivity index (χ2v) is 8.26. The zero-order valence-electron chi connectivity index (χ0n) is 17.8. The van der Waals surface area contributed by atoms with Gasteiger partial charge in [0.2, 0.25) is 5.91 Å². The highest BCUT2D eigenvalue weighted by molar-refractivity contribution is 6.33. The highest BCUT2D eigenvalue weighted by atomic mass is 35.5. The van der Waals surface area contributed by atoms with Crippen LogP contribution in [0.25, 0.3) is 0 Å². The van der Waals surface area contributed by atoms with Crippen molar-refractivity contribution in [3.8, 4) is 0 Å². The summed E-state index contributed by atoms with van der Waals surface area (Å²) in [4.78, 5) is 40.1. The number of rotatable bonds is 7. The lowest BCUT2D eigenvalue weighted by Gasteiger charge is -2.35. The molecule has 0 unspecified atom stereocenters. The first kappa shape index (κ1) is 22.9. The summed E-state index contributed by atoms with van der Waals surface area (Å²) >= 11 is 6.16. The normalized spacial score (nSPS) is 16.4. The molecule has 2 N–H and O–H groups in total. The Morgan fingerprint density at radius 2 is 1.84 bits per heavy atom. The molecular formula is C23H28ClN3O4. The Labute approximate surface area is 187 Å². The minimum Gasteiger partial charge on any atom is -0.459 e. The number of furan rings is 1. The van der Waals surface area contributed by atoms with E-state index in [0.29, 0.717) is 42.3 Å². The highest BCUT2D eigenvalue weighted by Gasteiger charge is 2.35. The van der Waals surface area contributed by atoms with Gasteiger partial charge in [-0.15, -0.1) is 0 Å². The molecule has 0 spiro atoms. The number of hydrogen-bond donors (Lipinski definition) is 2. The molecule has 3 amide bonds. The number of carbonyl (C=O) groups excluding carboxylic acids is 3. The van der Waals surface area contributed by atoms with Crippen molar-refractivity contribution in [3.63, 3.8) is 0 Å². The van der Waals surface area contributed by atoms with Crippen molar-refractivity contribution < 1.29 is 18.8 Å². The number of benzene rings is 1. The van der Waals surface area contributed by atoms with Crippen LogP contribution in [0.5, 0.6) is 0 Å². The van der Waals surface area contributed by atoms with Gasteiger partial charge in [0.25, 0.3) is 11.8 Å². The van der Waals surface area contributed by atoms with Crippen molar-refractivity contribution in [3.05, 3.63) is 59.0 Å². The zero-order valence-corrected chi connectivity index (χ0v) is 18.5. The molecule has 2 atom stereocenters. The third-order valence-electron chi connectivity index (χ3n) is 5.72. The largest absolute Gasteiger partial charge is 0.459 e. The van der Waals surface area contributed by atoms with Gasteiger partial charge in [-0.2, -0.15) is 0 Å². The SMILES string of the molecule is CC[C@@H](C)NC(=O)[C@@H](NC(=O)c1ccccc1Cl)C1CCN(C(=O)c2ccco2)CC1. The van der Waals surface area contributed by atoms with Gasteiger partial charge < -0.3 is 20.0 Å². The molecule has 2 aromatic rings. The topological polar surface area (TPSA) is 91.7 Å². The van der Waals surface area contributed by atoms with Gasteiger partial charge in [0.05, 0.1) is 16.8 Å². The van der Waals surface area contributed by atoms with Gasteiger partial charge in [-0.05, 0) is 56.4 Å². The van der Waals surface area contributed by atoms with E-state index in [4.69, 9.17) is 16.0 Å². The number of likely N-dealkylation sites (tertiary alicyclic amines) is 1. The molecule has 1 aliphatic heterocycles. The van der Waals surface area contributed by atoms with Crippen LogP contribution in [0.4, 0.5) is 0 Å². The van der Waals surface area contributed by atoms with Crippen LogP contribution < -0.4 is 10.6 Å². The van der Waals surface area contributed by atoms with Crippen molar-refractivity contribution in [1.29, 1.82) is 0 Å². The molecule has 3 rings (SSSR count). The molecule has 166 valence electrons. The number of halogens is 1. The van der Waals surface area contributed by atoms with E-state index in [2.05, 4.69) is 10.6 Å². The summed E-state index contributed by atoms with van der Waals surface area (Å²) < 4.78 is 5.21. The zero-order chi connectivity index (χ0) is 22.4. The van der Waals surface area contributed by atoms with Crippen LogP contribution in [-0.2, 0) is 4.79 Å². The molecule has 7 nitrogen and oxygen atoms in total. The van der Waals surface area contributed by atoms with Crippen molar-refractivity contribution >= 4 is 29.3 Å². The molecule has 0 saturated carbocycles. The molecule has 2 heterocycles. The van der Waals surface area contributed by atoms with Crippen molar-refractivity contribution in [1.82, 2.24) is 15.5 Å². The fourth-order valence-corrected chi connectivity index (χ4v) is 3.91. The lowest BCUT2D eigenvalue weighted by atomic mass is 9.88. The van der Waals surface area contributed by atoms with Gasteiger partial charge in [-0.1, -0.05) is 30.7 Å². The van der Waals surface area contributed by atoms with E-state index >= 15 is 0 Å². The van der Waals surface area contributed by atoms with Crippen molar-refractivity contribution in [2.24, 2.45) is 5.92 Å². The molecule has 31 heavy (non-hydrogen) atoms. The van der Waals surface area contributed by atoms with E-state index in [-0.39, 0.29) is 29.7 Å². The summed E-state index contributed by atoms with van der Waals surface area (Å²) in [5.41, 5.74) is 0.330. The predicted octanol–water partition coefficient (Wildman–Crippen LogP) is 3.50. The fourth-order valence-electron chi connectivity index (χ4n) is 3.69. The third kappa shape index (κ3) is 5.67. The average molecular weight is 446 g/mol. The van der Waals surface area contributed by atoms with Crippen molar-refractivity contribution in [2.75, 3.05) is 13.1 Å². The highest BCUT2D eigenvalue weighted by Crippen LogP contribution is 2.24. The molecule has 1 saturated heterocycles. The Kier molecular flexibility index (Phi) is 7.74.